The first-order chi connectivity index (χ1) is 9.74. The number of phenols is 2. The van der Waals surface area contributed by atoms with Crippen molar-refractivity contribution in [3.63, 3.8) is 0 Å². The average Bonchev–Trinajstić information content (AvgIpc) is 2.46. The van der Waals surface area contributed by atoms with Crippen LogP contribution >= 0.6 is 0 Å². The third-order valence-corrected chi connectivity index (χ3v) is 3.11. The Bertz CT molecular complexity index is 514. The Balaban J connectivity index is 2.35. The lowest BCUT2D eigenvalue weighted by atomic mass is 9.99. The van der Waals surface area contributed by atoms with Gasteiger partial charge in [0.1, 0.15) is 17.6 Å². The first kappa shape index (κ1) is 14.6. The van der Waals surface area contributed by atoms with E-state index in [4.69, 9.17) is 9.16 Å². The third-order valence-electron chi connectivity index (χ3n) is 2.91. The molecule has 103 valence electrons. The molecule has 5 heteroatoms. The molecule has 0 aliphatic heterocycles. The number of rotatable bonds is 6. The summed E-state index contributed by atoms with van der Waals surface area (Å²) >= 11 is 0. The van der Waals surface area contributed by atoms with E-state index in [2.05, 4.69) is 10.5 Å². The molecule has 0 saturated carbocycles. The van der Waals surface area contributed by atoms with Crippen LogP contribution in [0.5, 0.6) is 11.5 Å². The summed E-state index contributed by atoms with van der Waals surface area (Å²) in [6, 6.07) is 13.8. The van der Waals surface area contributed by atoms with Gasteiger partial charge in [-0.3, -0.25) is 0 Å². The summed E-state index contributed by atoms with van der Waals surface area (Å²) in [5, 5.41) is 20.0. The molecule has 0 aromatic heterocycles. The molecule has 0 aliphatic rings. The Hall–Kier alpha value is -1.82. The van der Waals surface area contributed by atoms with Crippen LogP contribution in [-0.2, 0) is 9.16 Å². The fourth-order valence-electron chi connectivity index (χ4n) is 1.97. The third kappa shape index (κ3) is 3.39. The van der Waals surface area contributed by atoms with E-state index in [9.17, 15) is 10.2 Å². The van der Waals surface area contributed by atoms with Crippen molar-refractivity contribution in [2.24, 2.45) is 0 Å². The maximum Gasteiger partial charge on any atom is 0.246 e. The van der Waals surface area contributed by atoms with Gasteiger partial charge in [0, 0.05) is 11.1 Å². The van der Waals surface area contributed by atoms with Crippen LogP contribution in [0.4, 0.5) is 0 Å². The number of ether oxygens (including phenoxy) is 1. The number of aromatic hydroxyl groups is 2. The van der Waals surface area contributed by atoms with E-state index in [0.29, 0.717) is 24.3 Å². The van der Waals surface area contributed by atoms with Crippen molar-refractivity contribution in [2.75, 3.05) is 13.2 Å². The minimum absolute atomic E-state index is 0.125. The summed E-state index contributed by atoms with van der Waals surface area (Å²) in [5.74, 6) is 0.250. The van der Waals surface area contributed by atoms with Crippen LogP contribution in [0.2, 0.25) is 0 Å². The molecule has 0 saturated heterocycles. The second-order valence-electron chi connectivity index (χ2n) is 4.22. The van der Waals surface area contributed by atoms with Crippen LogP contribution in [0, 0.1) is 0 Å². The summed E-state index contributed by atoms with van der Waals surface area (Å²) in [6.07, 6.45) is -0.556. The molecule has 0 amide bonds. The largest absolute Gasteiger partial charge is 0.508 e. The lowest BCUT2D eigenvalue weighted by Gasteiger charge is -2.20. The zero-order valence-corrected chi connectivity index (χ0v) is 11.8. The van der Waals surface area contributed by atoms with Gasteiger partial charge in [-0.05, 0) is 12.1 Å². The molecule has 4 nitrogen and oxygen atoms in total. The topological polar surface area (TPSA) is 58.9 Å². The summed E-state index contributed by atoms with van der Waals surface area (Å²) in [4.78, 5) is 0. The minimum atomic E-state index is -0.556. The molecule has 0 aliphatic carbocycles. The highest BCUT2D eigenvalue weighted by molar-refractivity contribution is 5.97. The van der Waals surface area contributed by atoms with Crippen molar-refractivity contribution >= 4 is 10.5 Å². The quantitative estimate of drug-likeness (QED) is 0.632. The highest BCUT2D eigenvalue weighted by Gasteiger charge is 2.20. The van der Waals surface area contributed by atoms with Gasteiger partial charge in [0.25, 0.3) is 0 Å². The molecule has 0 spiro atoms. The van der Waals surface area contributed by atoms with Crippen molar-refractivity contribution in [1.29, 1.82) is 0 Å². The van der Waals surface area contributed by atoms with Gasteiger partial charge in [-0.15, -0.1) is 0 Å². The normalized spacial score (nSPS) is 10.9. The molecule has 0 fully saturated rings. The van der Waals surface area contributed by atoms with Crippen molar-refractivity contribution in [3.8, 4) is 11.5 Å². The van der Waals surface area contributed by atoms with E-state index in [1.807, 2.05) is 12.1 Å². The van der Waals surface area contributed by atoms with E-state index in [-0.39, 0.29) is 11.5 Å². The predicted octanol–water partition coefficient (Wildman–Crippen LogP) is 2.30. The highest BCUT2D eigenvalue weighted by Crippen LogP contribution is 2.36. The van der Waals surface area contributed by atoms with Gasteiger partial charge >= 0.3 is 0 Å². The molecule has 2 rings (SSSR count). The first-order valence-electron chi connectivity index (χ1n) is 6.20. The molecule has 2 aromatic carbocycles. The second kappa shape index (κ2) is 7.09. The molecule has 0 bridgehead atoms. The summed E-state index contributed by atoms with van der Waals surface area (Å²) < 4.78 is 10.5. The predicted molar refractivity (Wildman–Crippen MR) is 75.7 cm³/mol. The van der Waals surface area contributed by atoms with Crippen LogP contribution in [0.15, 0.2) is 48.5 Å². The number of benzene rings is 2. The zero-order valence-electron chi connectivity index (χ0n) is 10.8. The Morgan fingerprint density at radius 3 is 1.80 bits per heavy atom. The molecular weight excluding hydrogens is 272 g/mol. The Morgan fingerprint density at radius 1 is 0.850 bits per heavy atom. The fraction of sp³-hybridized carbons (Fsp3) is 0.200. The van der Waals surface area contributed by atoms with E-state index in [1.165, 1.54) is 0 Å². The van der Waals surface area contributed by atoms with E-state index >= 15 is 0 Å². The van der Waals surface area contributed by atoms with Crippen LogP contribution in [0.3, 0.4) is 0 Å². The lowest BCUT2D eigenvalue weighted by molar-refractivity contribution is 0.0554. The zero-order chi connectivity index (χ0) is 14.4. The maximum absolute atomic E-state index is 9.99. The molecule has 0 unspecified atom stereocenters. The Morgan fingerprint density at radius 2 is 1.35 bits per heavy atom. The van der Waals surface area contributed by atoms with Gasteiger partial charge in [-0.2, -0.15) is 0 Å². The van der Waals surface area contributed by atoms with Gasteiger partial charge < -0.3 is 19.4 Å². The molecule has 2 aromatic rings. The van der Waals surface area contributed by atoms with Crippen molar-refractivity contribution in [3.05, 3.63) is 59.7 Å². The standard InChI is InChI=1S/C15H15O4Si/c16-13-7-3-1-5-11(13)15(18-9-10-19-20)12-6-2-4-8-14(12)17/h1-8,15-17H,9-10H2. The van der Waals surface area contributed by atoms with Gasteiger partial charge in [-0.25, -0.2) is 0 Å². The Kier molecular flexibility index (Phi) is 5.17. The SMILES string of the molecule is Oc1ccccc1C(OCCO[Si])c1ccccc1O. The molecule has 2 N–H and O–H groups in total. The average molecular weight is 287 g/mol. The van der Waals surface area contributed by atoms with Crippen molar-refractivity contribution in [1.82, 2.24) is 0 Å². The van der Waals surface area contributed by atoms with Crippen LogP contribution in [-0.4, -0.2) is 33.9 Å². The summed E-state index contributed by atoms with van der Waals surface area (Å²) in [7, 11) is 2.91. The highest BCUT2D eigenvalue weighted by atomic mass is 28.2. The smallest absolute Gasteiger partial charge is 0.246 e. The number of hydrogen-bond donors (Lipinski definition) is 2. The molecule has 3 radical (unpaired) electrons. The first-order valence-corrected chi connectivity index (χ1v) is 6.60. The van der Waals surface area contributed by atoms with E-state index < -0.39 is 6.10 Å². The van der Waals surface area contributed by atoms with E-state index in [0.717, 1.165) is 0 Å². The molecule has 0 atom stereocenters. The van der Waals surface area contributed by atoms with Gasteiger partial charge in [-0.1, -0.05) is 36.4 Å². The van der Waals surface area contributed by atoms with Gasteiger partial charge in [0.2, 0.25) is 10.5 Å². The van der Waals surface area contributed by atoms with Crippen LogP contribution in [0.1, 0.15) is 17.2 Å². The fourth-order valence-corrected chi connectivity index (χ4v) is 2.06. The van der Waals surface area contributed by atoms with Gasteiger partial charge in [0.15, 0.2) is 0 Å². The number of hydrogen-bond acceptors (Lipinski definition) is 4. The second-order valence-corrected chi connectivity index (χ2v) is 4.51. The molecule has 0 heterocycles. The summed E-state index contributed by atoms with van der Waals surface area (Å²) in [6.45, 7) is 0.672. The van der Waals surface area contributed by atoms with Crippen LogP contribution in [0.25, 0.3) is 0 Å². The van der Waals surface area contributed by atoms with Crippen molar-refractivity contribution in [2.45, 2.75) is 6.10 Å². The van der Waals surface area contributed by atoms with Crippen LogP contribution < -0.4 is 0 Å². The molecule has 20 heavy (non-hydrogen) atoms. The van der Waals surface area contributed by atoms with E-state index in [1.54, 1.807) is 36.4 Å². The summed E-state index contributed by atoms with van der Waals surface area (Å²) in [5.41, 5.74) is 1.20. The number of para-hydroxylation sites is 2. The maximum atomic E-state index is 9.99. The van der Waals surface area contributed by atoms with Gasteiger partial charge in [0.05, 0.1) is 13.2 Å². The number of phenolic OH excluding ortho intramolecular Hbond substituents is 2. The van der Waals surface area contributed by atoms with Crippen molar-refractivity contribution < 1.29 is 19.4 Å². The minimum Gasteiger partial charge on any atom is -0.508 e. The monoisotopic (exact) mass is 287 g/mol. The molecular formula is C15H15O4Si. The lowest BCUT2D eigenvalue weighted by Crippen LogP contribution is -2.11. The Labute approximate surface area is 121 Å².